The van der Waals surface area contributed by atoms with Gasteiger partial charge in [-0.3, -0.25) is 9.48 Å². The van der Waals surface area contributed by atoms with Crippen molar-refractivity contribution >= 4 is 11.6 Å². The molecule has 2 aromatic rings. The highest BCUT2D eigenvalue weighted by Crippen LogP contribution is 2.36. The molecule has 1 saturated carbocycles. The van der Waals surface area contributed by atoms with Gasteiger partial charge in [0.05, 0.1) is 17.9 Å². The number of aromatic nitrogens is 3. The van der Waals surface area contributed by atoms with E-state index in [2.05, 4.69) is 17.0 Å². The summed E-state index contributed by atoms with van der Waals surface area (Å²) in [6, 6.07) is 1.90. The van der Waals surface area contributed by atoms with Gasteiger partial charge in [-0.15, -0.1) is 0 Å². The summed E-state index contributed by atoms with van der Waals surface area (Å²) < 4.78 is 9.63. The van der Waals surface area contributed by atoms with Crippen molar-refractivity contribution in [2.24, 2.45) is 18.7 Å². The summed E-state index contributed by atoms with van der Waals surface area (Å²) in [5.41, 5.74) is 9.73. The van der Waals surface area contributed by atoms with Crippen LogP contribution in [0.25, 0.3) is 17.0 Å². The zero-order valence-electron chi connectivity index (χ0n) is 18.7. The fourth-order valence-corrected chi connectivity index (χ4v) is 4.84. The molecule has 2 fully saturated rings. The average Bonchev–Trinajstić information content (AvgIpc) is 3.44. The Hall–Kier alpha value is -2.62. The maximum Gasteiger partial charge on any atom is 0.251 e. The van der Waals surface area contributed by atoms with Crippen LogP contribution in [-0.2, 0) is 16.6 Å². The van der Waals surface area contributed by atoms with Gasteiger partial charge in [-0.1, -0.05) is 6.58 Å². The highest BCUT2D eigenvalue weighted by Gasteiger charge is 2.40. The Morgan fingerprint density at radius 3 is 2.69 bits per heavy atom. The zero-order valence-corrected chi connectivity index (χ0v) is 18.7. The second kappa shape index (κ2) is 9.09. The van der Waals surface area contributed by atoms with Crippen molar-refractivity contribution < 1.29 is 19.7 Å². The Labute approximate surface area is 187 Å². The van der Waals surface area contributed by atoms with Crippen LogP contribution in [0.3, 0.4) is 0 Å². The first-order valence-electron chi connectivity index (χ1n) is 11.2. The van der Waals surface area contributed by atoms with E-state index < -0.39 is 18.4 Å². The summed E-state index contributed by atoms with van der Waals surface area (Å²) in [5, 5.41) is 27.6. The lowest BCUT2D eigenvalue weighted by atomic mass is 9.87. The third-order valence-electron chi connectivity index (χ3n) is 6.64. The smallest absolute Gasteiger partial charge is 0.251 e. The molecule has 174 valence electrons. The zero-order chi connectivity index (χ0) is 23.0. The third kappa shape index (κ3) is 4.46. The van der Waals surface area contributed by atoms with Gasteiger partial charge < -0.3 is 30.6 Å². The summed E-state index contributed by atoms with van der Waals surface area (Å²) in [6.07, 6.45) is 4.81. The number of aryl methyl sites for hydroxylation is 1. The molecule has 9 heteroatoms. The van der Waals surface area contributed by atoms with E-state index in [0.29, 0.717) is 24.6 Å². The quantitative estimate of drug-likeness (QED) is 0.535. The minimum atomic E-state index is -0.932. The van der Waals surface area contributed by atoms with Crippen molar-refractivity contribution in [3.05, 3.63) is 36.3 Å². The first-order valence-corrected chi connectivity index (χ1v) is 11.2. The van der Waals surface area contributed by atoms with Crippen LogP contribution < -0.4 is 11.1 Å². The standard InChI is InChI=1S/C23H33N5O4/c1-13(24)21-14(2)28(12-17(21)18-8-9-27(3)26-18)20-10-19(30)22(32-20)23(31)25-11-15-4-6-16(29)7-5-15/h8-9,12,15-16,19-20,22,29-30H,1,4-7,10-11,24H2,2-3H3,(H,25,31)/t15?,16?,19-,20+,22-/m0/s1. The Bertz CT molecular complexity index is 989. The fourth-order valence-electron chi connectivity index (χ4n) is 4.84. The molecule has 9 nitrogen and oxygen atoms in total. The maximum atomic E-state index is 12.7. The fraction of sp³-hybridized carbons (Fsp3) is 0.565. The molecular weight excluding hydrogens is 410 g/mol. The molecule has 1 aliphatic carbocycles. The van der Waals surface area contributed by atoms with Gasteiger partial charge in [-0.05, 0) is 44.6 Å². The Balaban J connectivity index is 1.47. The van der Waals surface area contributed by atoms with Crippen LogP contribution in [0.5, 0.6) is 0 Å². The number of nitrogens with zero attached hydrogens (tertiary/aromatic N) is 3. The van der Waals surface area contributed by atoms with Crippen molar-refractivity contribution in [2.45, 2.75) is 63.6 Å². The number of carbonyl (C=O) groups is 1. The van der Waals surface area contributed by atoms with E-state index in [4.69, 9.17) is 10.5 Å². The number of carbonyl (C=O) groups excluding carboxylic acids is 1. The molecule has 2 aromatic heterocycles. The highest BCUT2D eigenvalue weighted by molar-refractivity contribution is 5.82. The van der Waals surface area contributed by atoms with Crippen LogP contribution >= 0.6 is 0 Å². The number of aliphatic hydroxyl groups is 2. The van der Waals surface area contributed by atoms with Crippen LogP contribution in [0, 0.1) is 12.8 Å². The number of hydrogen-bond acceptors (Lipinski definition) is 6. The Kier molecular flexibility index (Phi) is 6.41. The second-order valence-corrected chi connectivity index (χ2v) is 9.04. The molecule has 1 aliphatic heterocycles. The predicted octanol–water partition coefficient (Wildman–Crippen LogP) is 1.44. The monoisotopic (exact) mass is 443 g/mol. The lowest BCUT2D eigenvalue weighted by Gasteiger charge is -2.26. The van der Waals surface area contributed by atoms with E-state index in [1.54, 1.807) is 4.68 Å². The molecule has 0 radical (unpaired) electrons. The molecule has 1 saturated heterocycles. The van der Waals surface area contributed by atoms with Gasteiger partial charge >= 0.3 is 0 Å². The molecule has 2 aliphatic rings. The van der Waals surface area contributed by atoms with Crippen LogP contribution in [0.1, 0.15) is 49.6 Å². The summed E-state index contributed by atoms with van der Waals surface area (Å²) in [4.78, 5) is 12.7. The molecule has 0 aromatic carbocycles. The van der Waals surface area contributed by atoms with E-state index >= 15 is 0 Å². The first-order chi connectivity index (χ1) is 15.2. The summed E-state index contributed by atoms with van der Waals surface area (Å²) in [5.74, 6) is 0.0479. The Morgan fingerprint density at radius 2 is 2.06 bits per heavy atom. The van der Waals surface area contributed by atoms with E-state index in [0.717, 1.165) is 48.2 Å². The molecule has 0 unspecified atom stereocenters. The van der Waals surface area contributed by atoms with Crippen molar-refractivity contribution in [3.63, 3.8) is 0 Å². The number of amides is 1. The lowest BCUT2D eigenvalue weighted by Crippen LogP contribution is -2.42. The van der Waals surface area contributed by atoms with E-state index in [-0.39, 0.29) is 12.0 Å². The molecule has 1 amide bonds. The van der Waals surface area contributed by atoms with E-state index in [1.165, 1.54) is 0 Å². The van der Waals surface area contributed by atoms with E-state index in [1.807, 2.05) is 37.0 Å². The number of hydrogen-bond donors (Lipinski definition) is 4. The van der Waals surface area contributed by atoms with Crippen LogP contribution in [0.15, 0.2) is 25.0 Å². The minimum Gasteiger partial charge on any atom is -0.399 e. The van der Waals surface area contributed by atoms with Gasteiger partial charge in [0.25, 0.3) is 5.91 Å². The molecule has 32 heavy (non-hydrogen) atoms. The lowest BCUT2D eigenvalue weighted by molar-refractivity contribution is -0.138. The summed E-state index contributed by atoms with van der Waals surface area (Å²) >= 11 is 0. The number of nitrogens with one attached hydrogen (secondary N) is 1. The molecule has 0 bridgehead atoms. The van der Waals surface area contributed by atoms with Gasteiger partial charge in [0.2, 0.25) is 0 Å². The topological polar surface area (TPSA) is 128 Å². The van der Waals surface area contributed by atoms with Gasteiger partial charge in [-0.2, -0.15) is 5.10 Å². The van der Waals surface area contributed by atoms with Gasteiger partial charge in [0, 0.05) is 54.9 Å². The first kappa shape index (κ1) is 22.6. The molecule has 0 spiro atoms. The van der Waals surface area contributed by atoms with Crippen LogP contribution in [0.4, 0.5) is 0 Å². The average molecular weight is 444 g/mol. The van der Waals surface area contributed by atoms with Crippen LogP contribution in [0.2, 0.25) is 0 Å². The summed E-state index contributed by atoms with van der Waals surface area (Å²) in [6.45, 7) is 6.36. The van der Waals surface area contributed by atoms with Crippen LogP contribution in [-0.4, -0.2) is 55.3 Å². The molecule has 4 rings (SSSR count). The number of nitrogens with two attached hydrogens (primary N) is 1. The number of aliphatic hydroxyl groups excluding tert-OH is 2. The minimum absolute atomic E-state index is 0.224. The van der Waals surface area contributed by atoms with E-state index in [9.17, 15) is 15.0 Å². The third-order valence-corrected chi connectivity index (χ3v) is 6.64. The normalized spacial score (nSPS) is 28.1. The highest BCUT2D eigenvalue weighted by atomic mass is 16.5. The number of ether oxygens (including phenoxy) is 1. The van der Waals surface area contributed by atoms with Gasteiger partial charge in [-0.25, -0.2) is 0 Å². The number of rotatable bonds is 6. The molecular formula is C23H33N5O4. The van der Waals surface area contributed by atoms with Gasteiger partial charge in [0.15, 0.2) is 6.10 Å². The summed E-state index contributed by atoms with van der Waals surface area (Å²) in [7, 11) is 1.85. The van der Waals surface area contributed by atoms with Crippen molar-refractivity contribution in [1.82, 2.24) is 19.7 Å². The maximum absolute atomic E-state index is 12.7. The molecule has 5 N–H and O–H groups in total. The van der Waals surface area contributed by atoms with Gasteiger partial charge in [0.1, 0.15) is 6.23 Å². The van der Waals surface area contributed by atoms with Crippen molar-refractivity contribution in [1.29, 1.82) is 0 Å². The SMILES string of the molecule is C=C(N)c1c(-c2ccn(C)n2)cn([C@H]2C[C@H](O)[C@@H](C(=O)NCC3CCC(O)CC3)O2)c1C. The van der Waals surface area contributed by atoms with Crippen molar-refractivity contribution in [3.8, 4) is 11.3 Å². The van der Waals surface area contributed by atoms with Crippen molar-refractivity contribution in [2.75, 3.05) is 6.54 Å². The molecule has 3 atom stereocenters. The second-order valence-electron chi connectivity index (χ2n) is 9.04. The Morgan fingerprint density at radius 1 is 1.34 bits per heavy atom. The largest absolute Gasteiger partial charge is 0.399 e. The molecule has 3 heterocycles. The predicted molar refractivity (Wildman–Crippen MR) is 120 cm³/mol.